The van der Waals surface area contributed by atoms with Crippen molar-refractivity contribution in [3.05, 3.63) is 0 Å². The summed E-state index contributed by atoms with van der Waals surface area (Å²) in [5.74, 6) is -5.68. The highest BCUT2D eigenvalue weighted by Crippen LogP contribution is 2.29. The number of aliphatic hydroxyl groups is 1. The number of Topliss-reactive ketones (excluding diaryl/α,β-unsaturated/α-hetero) is 1. The van der Waals surface area contributed by atoms with Crippen LogP contribution in [0.2, 0.25) is 0 Å². The van der Waals surface area contributed by atoms with E-state index >= 15 is 0 Å². The van der Waals surface area contributed by atoms with Crippen LogP contribution in [0.3, 0.4) is 0 Å². The van der Waals surface area contributed by atoms with Gasteiger partial charge < -0.3 is 19.3 Å². The molecule has 0 amide bonds. The van der Waals surface area contributed by atoms with E-state index in [2.05, 4.69) is 6.92 Å². The number of rotatable bonds is 16. The molecule has 0 radical (unpaired) electrons. The summed E-state index contributed by atoms with van der Waals surface area (Å²) >= 11 is 0. The number of unbranched alkanes of at least 4 members (excludes halogenated alkanes) is 5. The van der Waals surface area contributed by atoms with Gasteiger partial charge in [0.1, 0.15) is 0 Å². The number of hydrogen-bond donors (Lipinski definition) is 1. The van der Waals surface area contributed by atoms with Crippen LogP contribution in [0.25, 0.3) is 0 Å². The molecular weight excluding hydrogens is 380 g/mol. The van der Waals surface area contributed by atoms with Gasteiger partial charge in [-0.2, -0.15) is 0 Å². The van der Waals surface area contributed by atoms with E-state index in [1.54, 1.807) is 13.8 Å². The van der Waals surface area contributed by atoms with Crippen LogP contribution < -0.4 is 0 Å². The van der Waals surface area contributed by atoms with Gasteiger partial charge in [0.25, 0.3) is 0 Å². The first-order valence-corrected chi connectivity index (χ1v) is 10.5. The third-order valence-corrected chi connectivity index (χ3v) is 4.45. The van der Waals surface area contributed by atoms with Gasteiger partial charge in [-0.05, 0) is 27.2 Å². The van der Waals surface area contributed by atoms with Crippen molar-refractivity contribution in [2.24, 2.45) is 5.92 Å². The third-order valence-electron chi connectivity index (χ3n) is 4.45. The fourth-order valence-electron chi connectivity index (χ4n) is 3.02. The van der Waals surface area contributed by atoms with Crippen molar-refractivity contribution in [2.75, 3.05) is 19.8 Å². The SMILES string of the molecule is CCCCCCCCC(=O)C(C(=O)OCC)C(O)(CC(=O)OCC)C(=O)OCC. The molecule has 0 aromatic carbocycles. The van der Waals surface area contributed by atoms with Gasteiger partial charge in [-0.25, -0.2) is 4.79 Å². The standard InChI is InChI=1S/C21H36O8/c1-5-9-10-11-12-13-14-16(22)18(19(24)28-7-3)21(26,20(25)29-8-4)15-17(23)27-6-2/h18,26H,5-15H2,1-4H3. The Kier molecular flexibility index (Phi) is 13.9. The molecule has 0 aliphatic carbocycles. The molecule has 0 saturated heterocycles. The molecule has 2 unspecified atom stereocenters. The summed E-state index contributed by atoms with van der Waals surface area (Å²) in [6.07, 6.45) is 4.64. The van der Waals surface area contributed by atoms with E-state index in [1.165, 1.54) is 6.92 Å². The first kappa shape index (κ1) is 27.0. The number of esters is 3. The molecule has 2 atom stereocenters. The molecule has 0 aromatic heterocycles. The molecule has 0 spiro atoms. The molecule has 0 bridgehead atoms. The van der Waals surface area contributed by atoms with E-state index in [0.29, 0.717) is 6.42 Å². The summed E-state index contributed by atoms with van der Waals surface area (Å²) in [6.45, 7) is 6.61. The Hall–Kier alpha value is -1.96. The monoisotopic (exact) mass is 416 g/mol. The highest BCUT2D eigenvalue weighted by Gasteiger charge is 2.55. The molecule has 0 aliphatic rings. The maximum atomic E-state index is 12.8. The maximum Gasteiger partial charge on any atom is 0.340 e. The molecule has 1 N–H and O–H groups in total. The molecule has 168 valence electrons. The molecule has 0 saturated carbocycles. The molecular formula is C21H36O8. The average molecular weight is 417 g/mol. The Bertz CT molecular complexity index is 531. The van der Waals surface area contributed by atoms with Crippen molar-refractivity contribution in [3.8, 4) is 0 Å². The van der Waals surface area contributed by atoms with Crippen LogP contribution in [0, 0.1) is 5.92 Å². The average Bonchev–Trinajstić information content (AvgIpc) is 2.65. The molecule has 0 rings (SSSR count). The molecule has 0 fully saturated rings. The molecule has 0 heterocycles. The Morgan fingerprint density at radius 2 is 1.34 bits per heavy atom. The lowest BCUT2D eigenvalue weighted by atomic mass is 9.80. The smallest absolute Gasteiger partial charge is 0.340 e. The lowest BCUT2D eigenvalue weighted by Gasteiger charge is -2.30. The lowest BCUT2D eigenvalue weighted by Crippen LogP contribution is -2.55. The van der Waals surface area contributed by atoms with Crippen molar-refractivity contribution < 1.29 is 38.5 Å². The third kappa shape index (κ3) is 9.39. The topological polar surface area (TPSA) is 116 Å². The second-order valence-electron chi connectivity index (χ2n) is 6.80. The number of carbonyl (C=O) groups is 4. The van der Waals surface area contributed by atoms with E-state index in [1.807, 2.05) is 0 Å². The van der Waals surface area contributed by atoms with Gasteiger partial charge in [0.2, 0.25) is 0 Å². The van der Waals surface area contributed by atoms with Gasteiger partial charge >= 0.3 is 17.9 Å². The van der Waals surface area contributed by atoms with Crippen LogP contribution in [0.5, 0.6) is 0 Å². The minimum absolute atomic E-state index is 0.0137. The van der Waals surface area contributed by atoms with E-state index in [-0.39, 0.29) is 26.2 Å². The Morgan fingerprint density at radius 1 is 0.793 bits per heavy atom. The summed E-state index contributed by atoms with van der Waals surface area (Å²) in [6, 6.07) is 0. The maximum absolute atomic E-state index is 12.8. The van der Waals surface area contributed by atoms with Crippen molar-refractivity contribution >= 4 is 23.7 Å². The highest BCUT2D eigenvalue weighted by atomic mass is 16.6. The van der Waals surface area contributed by atoms with E-state index < -0.39 is 41.6 Å². The normalized spacial score (nSPS) is 13.8. The van der Waals surface area contributed by atoms with Gasteiger partial charge in [0.15, 0.2) is 17.3 Å². The molecule has 0 aliphatic heterocycles. The molecule has 0 aromatic rings. The minimum Gasteiger partial charge on any atom is -0.466 e. The van der Waals surface area contributed by atoms with Crippen molar-refractivity contribution in [1.82, 2.24) is 0 Å². The van der Waals surface area contributed by atoms with E-state index in [4.69, 9.17) is 14.2 Å². The van der Waals surface area contributed by atoms with E-state index in [9.17, 15) is 24.3 Å². The summed E-state index contributed by atoms with van der Waals surface area (Å²) in [5.41, 5.74) is -2.67. The van der Waals surface area contributed by atoms with Crippen molar-refractivity contribution in [1.29, 1.82) is 0 Å². The fourth-order valence-corrected chi connectivity index (χ4v) is 3.02. The van der Waals surface area contributed by atoms with Crippen molar-refractivity contribution in [3.63, 3.8) is 0 Å². The largest absolute Gasteiger partial charge is 0.466 e. The van der Waals surface area contributed by atoms with Crippen LogP contribution in [0.15, 0.2) is 0 Å². The molecule has 29 heavy (non-hydrogen) atoms. The predicted octanol–water partition coefficient (Wildman–Crippen LogP) is 2.73. The first-order chi connectivity index (χ1) is 13.8. The highest BCUT2D eigenvalue weighted by molar-refractivity contribution is 6.06. The Labute approximate surface area is 173 Å². The number of carbonyl (C=O) groups excluding carboxylic acids is 4. The summed E-state index contributed by atoms with van der Waals surface area (Å²) in [7, 11) is 0. The van der Waals surface area contributed by atoms with Gasteiger partial charge in [0, 0.05) is 6.42 Å². The lowest BCUT2D eigenvalue weighted by molar-refractivity contribution is -0.187. The van der Waals surface area contributed by atoms with Gasteiger partial charge in [-0.3, -0.25) is 14.4 Å². The summed E-state index contributed by atoms with van der Waals surface area (Å²) in [5, 5.41) is 11.0. The second-order valence-corrected chi connectivity index (χ2v) is 6.80. The van der Waals surface area contributed by atoms with Gasteiger partial charge in [-0.15, -0.1) is 0 Å². The second kappa shape index (κ2) is 15.0. The van der Waals surface area contributed by atoms with Crippen LogP contribution in [0.4, 0.5) is 0 Å². The van der Waals surface area contributed by atoms with E-state index in [0.717, 1.165) is 32.1 Å². The number of ether oxygens (including phenoxy) is 3. The molecule has 8 heteroatoms. The Balaban J connectivity index is 5.52. The minimum atomic E-state index is -2.67. The fraction of sp³-hybridized carbons (Fsp3) is 0.810. The number of hydrogen-bond acceptors (Lipinski definition) is 8. The van der Waals surface area contributed by atoms with Crippen LogP contribution in [0.1, 0.15) is 79.1 Å². The van der Waals surface area contributed by atoms with Crippen LogP contribution in [-0.2, 0) is 33.4 Å². The number of ketones is 1. The zero-order valence-electron chi connectivity index (χ0n) is 18.2. The van der Waals surface area contributed by atoms with Gasteiger partial charge in [0.05, 0.1) is 26.2 Å². The van der Waals surface area contributed by atoms with Crippen LogP contribution in [-0.4, -0.2) is 54.2 Å². The predicted molar refractivity (Wildman–Crippen MR) is 106 cm³/mol. The van der Waals surface area contributed by atoms with Crippen molar-refractivity contribution in [2.45, 2.75) is 84.7 Å². The first-order valence-electron chi connectivity index (χ1n) is 10.5. The van der Waals surface area contributed by atoms with Crippen LogP contribution >= 0.6 is 0 Å². The van der Waals surface area contributed by atoms with Gasteiger partial charge in [-0.1, -0.05) is 39.0 Å². The Morgan fingerprint density at radius 3 is 1.90 bits per heavy atom. The zero-order chi connectivity index (χ0) is 22.3. The zero-order valence-corrected chi connectivity index (χ0v) is 18.2. The summed E-state index contributed by atoms with van der Waals surface area (Å²) < 4.78 is 14.6. The molecule has 8 nitrogen and oxygen atoms in total. The quantitative estimate of drug-likeness (QED) is 0.177. The summed E-state index contributed by atoms with van der Waals surface area (Å²) in [4.78, 5) is 49.8.